The molecule has 0 aliphatic rings. The third-order valence-corrected chi connectivity index (χ3v) is 3.05. The van der Waals surface area contributed by atoms with Gasteiger partial charge in [0.1, 0.15) is 0 Å². The van der Waals surface area contributed by atoms with E-state index in [-0.39, 0.29) is 18.5 Å². The van der Waals surface area contributed by atoms with Crippen LogP contribution in [0, 0.1) is 5.92 Å². The molecule has 0 amide bonds. The lowest BCUT2D eigenvalue weighted by Crippen LogP contribution is -2.20. The molecule has 1 unspecified atom stereocenters. The number of ether oxygens (including phenoxy) is 1. The number of aliphatic hydroxyl groups is 1. The predicted molar refractivity (Wildman–Crippen MR) is 64.3 cm³/mol. The van der Waals surface area contributed by atoms with E-state index in [4.69, 9.17) is 9.84 Å². The summed E-state index contributed by atoms with van der Waals surface area (Å²) < 4.78 is 4.94. The molecule has 0 saturated carbocycles. The summed E-state index contributed by atoms with van der Waals surface area (Å²) in [5, 5.41) is 8.85. The lowest BCUT2D eigenvalue weighted by atomic mass is 10.1. The fraction of sp³-hybridized carbons (Fsp3) is 0.727. The quantitative estimate of drug-likeness (QED) is 0.560. The van der Waals surface area contributed by atoms with Gasteiger partial charge in [-0.15, -0.1) is 0 Å². The van der Waals surface area contributed by atoms with Gasteiger partial charge in [0.2, 0.25) is 0 Å². The molecule has 0 rings (SSSR count). The molecular formula is C11H22O3Si. The molecule has 0 aromatic heterocycles. The number of esters is 1. The van der Waals surface area contributed by atoms with Crippen LogP contribution in [0.3, 0.4) is 0 Å². The van der Waals surface area contributed by atoms with Gasteiger partial charge in [-0.25, -0.2) is 0 Å². The molecule has 0 aliphatic carbocycles. The van der Waals surface area contributed by atoms with E-state index in [1.54, 1.807) is 6.92 Å². The topological polar surface area (TPSA) is 46.5 Å². The van der Waals surface area contributed by atoms with Crippen molar-refractivity contribution in [2.45, 2.75) is 33.0 Å². The van der Waals surface area contributed by atoms with E-state index in [0.717, 1.165) is 0 Å². The monoisotopic (exact) mass is 230 g/mol. The lowest BCUT2D eigenvalue weighted by Gasteiger charge is -2.13. The Kier molecular flexibility index (Phi) is 6.52. The van der Waals surface area contributed by atoms with Crippen LogP contribution in [0.1, 0.15) is 13.3 Å². The fourth-order valence-corrected chi connectivity index (χ4v) is 1.90. The second-order valence-corrected chi connectivity index (χ2v) is 9.66. The van der Waals surface area contributed by atoms with Gasteiger partial charge in [-0.05, 0) is 13.3 Å². The third-order valence-electron chi connectivity index (χ3n) is 1.86. The van der Waals surface area contributed by atoms with Crippen LogP contribution in [0.15, 0.2) is 11.8 Å². The van der Waals surface area contributed by atoms with Crippen LogP contribution in [-0.4, -0.2) is 32.4 Å². The van der Waals surface area contributed by atoms with Gasteiger partial charge in [0.15, 0.2) is 0 Å². The maximum Gasteiger partial charge on any atom is 0.312 e. The van der Waals surface area contributed by atoms with Crippen LogP contribution in [0.4, 0.5) is 0 Å². The Labute approximate surface area is 93.1 Å². The first-order chi connectivity index (χ1) is 6.90. The van der Waals surface area contributed by atoms with Crippen molar-refractivity contribution in [2.75, 3.05) is 13.2 Å². The van der Waals surface area contributed by atoms with E-state index in [1.807, 2.05) is 6.08 Å². The summed E-state index contributed by atoms with van der Waals surface area (Å²) in [6, 6.07) is 0. The zero-order valence-corrected chi connectivity index (χ0v) is 11.1. The van der Waals surface area contributed by atoms with E-state index in [2.05, 4.69) is 25.3 Å². The van der Waals surface area contributed by atoms with Crippen molar-refractivity contribution in [1.29, 1.82) is 0 Å². The number of hydrogen-bond donors (Lipinski definition) is 1. The minimum atomic E-state index is -1.29. The molecule has 1 atom stereocenters. The van der Waals surface area contributed by atoms with Gasteiger partial charge in [0.25, 0.3) is 0 Å². The van der Waals surface area contributed by atoms with Gasteiger partial charge in [-0.1, -0.05) is 31.4 Å². The Balaban J connectivity index is 4.39. The molecule has 0 spiro atoms. The summed E-state index contributed by atoms with van der Waals surface area (Å²) in [6.07, 6.45) is 2.33. The van der Waals surface area contributed by atoms with E-state index < -0.39 is 8.07 Å². The maximum atomic E-state index is 11.5. The van der Waals surface area contributed by atoms with Gasteiger partial charge in [0.05, 0.1) is 20.6 Å². The van der Waals surface area contributed by atoms with Crippen LogP contribution in [0.25, 0.3) is 0 Å². The highest BCUT2D eigenvalue weighted by atomic mass is 28.3. The largest absolute Gasteiger partial charge is 0.466 e. The van der Waals surface area contributed by atoms with E-state index in [0.29, 0.717) is 13.0 Å². The first kappa shape index (κ1) is 14.4. The highest BCUT2D eigenvalue weighted by Gasteiger charge is 2.17. The summed E-state index contributed by atoms with van der Waals surface area (Å²) in [4.78, 5) is 11.5. The zero-order valence-electron chi connectivity index (χ0n) is 10.1. The Hall–Kier alpha value is -0.613. The molecule has 0 radical (unpaired) electrons. The fourth-order valence-electron chi connectivity index (χ4n) is 1.09. The average molecular weight is 230 g/mol. The zero-order chi connectivity index (χ0) is 11.9. The Morgan fingerprint density at radius 2 is 2.07 bits per heavy atom. The Bertz CT molecular complexity index is 218. The highest BCUT2D eigenvalue weighted by molar-refractivity contribution is 6.80. The van der Waals surface area contributed by atoms with Gasteiger partial charge in [-0.3, -0.25) is 4.79 Å². The number of hydrogen-bond acceptors (Lipinski definition) is 3. The molecule has 0 fully saturated rings. The molecule has 3 nitrogen and oxygen atoms in total. The maximum absolute atomic E-state index is 11.5. The molecule has 0 bridgehead atoms. The van der Waals surface area contributed by atoms with Crippen molar-refractivity contribution in [3.05, 3.63) is 11.8 Å². The van der Waals surface area contributed by atoms with Gasteiger partial charge in [-0.2, -0.15) is 0 Å². The van der Waals surface area contributed by atoms with Crippen molar-refractivity contribution in [2.24, 2.45) is 5.92 Å². The molecule has 0 aliphatic heterocycles. The number of carbonyl (C=O) groups is 1. The smallest absolute Gasteiger partial charge is 0.312 e. The Morgan fingerprint density at radius 3 is 2.47 bits per heavy atom. The van der Waals surface area contributed by atoms with Crippen LogP contribution < -0.4 is 0 Å². The predicted octanol–water partition coefficient (Wildman–Crippen LogP) is 1.98. The van der Waals surface area contributed by atoms with Crippen molar-refractivity contribution < 1.29 is 14.6 Å². The molecule has 0 saturated heterocycles. The molecular weight excluding hydrogens is 208 g/mol. The minimum absolute atomic E-state index is 0.0134. The summed E-state index contributed by atoms with van der Waals surface area (Å²) >= 11 is 0. The Morgan fingerprint density at radius 1 is 1.47 bits per heavy atom. The molecule has 0 heterocycles. The lowest BCUT2D eigenvalue weighted by molar-refractivity contribution is -0.146. The highest BCUT2D eigenvalue weighted by Crippen LogP contribution is 2.11. The molecule has 1 N–H and O–H groups in total. The second-order valence-electron chi connectivity index (χ2n) is 4.60. The van der Waals surface area contributed by atoms with E-state index in [1.165, 1.54) is 0 Å². The molecule has 88 valence electrons. The minimum Gasteiger partial charge on any atom is -0.466 e. The van der Waals surface area contributed by atoms with Crippen LogP contribution in [0.5, 0.6) is 0 Å². The van der Waals surface area contributed by atoms with Gasteiger partial charge >= 0.3 is 5.97 Å². The number of rotatable bonds is 6. The van der Waals surface area contributed by atoms with Crippen molar-refractivity contribution >= 4 is 14.0 Å². The SMILES string of the molecule is CCOC(=O)C(/C=C/[Si](C)(C)C)CCO. The summed E-state index contributed by atoms with van der Waals surface area (Å²) in [7, 11) is -1.29. The van der Waals surface area contributed by atoms with E-state index in [9.17, 15) is 4.79 Å². The van der Waals surface area contributed by atoms with Gasteiger partial charge < -0.3 is 9.84 Å². The molecule has 0 aromatic carbocycles. The van der Waals surface area contributed by atoms with Gasteiger partial charge in [0, 0.05) is 6.61 Å². The van der Waals surface area contributed by atoms with Crippen molar-refractivity contribution in [1.82, 2.24) is 0 Å². The van der Waals surface area contributed by atoms with Crippen LogP contribution >= 0.6 is 0 Å². The van der Waals surface area contributed by atoms with E-state index >= 15 is 0 Å². The average Bonchev–Trinajstić information content (AvgIpc) is 2.11. The summed E-state index contributed by atoms with van der Waals surface area (Å²) in [5.41, 5.74) is 2.12. The molecule has 15 heavy (non-hydrogen) atoms. The van der Waals surface area contributed by atoms with Crippen LogP contribution in [0.2, 0.25) is 19.6 Å². The molecule has 0 aromatic rings. The summed E-state index contributed by atoms with van der Waals surface area (Å²) in [6.45, 7) is 8.79. The number of carbonyl (C=O) groups excluding carboxylic acids is 1. The normalized spacial score (nSPS) is 14.2. The first-order valence-electron chi connectivity index (χ1n) is 5.37. The molecule has 4 heteroatoms. The summed E-state index contributed by atoms with van der Waals surface area (Å²) in [5.74, 6) is -0.525. The van der Waals surface area contributed by atoms with Crippen LogP contribution in [-0.2, 0) is 9.53 Å². The number of aliphatic hydroxyl groups excluding tert-OH is 1. The standard InChI is InChI=1S/C11H22O3Si/c1-5-14-11(13)10(6-8-12)7-9-15(2,3)4/h7,9-10,12H,5-6,8H2,1-4H3/b9-7+. The third kappa shape index (κ3) is 7.33. The van der Waals surface area contributed by atoms with Crippen molar-refractivity contribution in [3.63, 3.8) is 0 Å². The van der Waals surface area contributed by atoms with Crippen molar-refractivity contribution in [3.8, 4) is 0 Å². The first-order valence-corrected chi connectivity index (χ1v) is 8.95. The second kappa shape index (κ2) is 6.79.